The number of amides is 3. The molecule has 0 aromatic heterocycles. The Morgan fingerprint density at radius 1 is 1.44 bits per heavy atom. The molecule has 8 heteroatoms. The van der Waals surface area contributed by atoms with Crippen LogP contribution in [0.1, 0.15) is 6.92 Å². The van der Waals surface area contributed by atoms with Crippen molar-refractivity contribution in [1.29, 1.82) is 0 Å². The number of hydrogen-bond acceptors (Lipinski definition) is 4. The van der Waals surface area contributed by atoms with Crippen LogP contribution in [0.15, 0.2) is 0 Å². The molecule has 3 amide bonds. The highest BCUT2D eigenvalue weighted by atomic mass is 16.5. The van der Waals surface area contributed by atoms with Crippen LogP contribution < -0.4 is 16.4 Å². The Kier molecular flexibility index (Phi) is 5.86. The average molecular weight is 233 g/mol. The largest absolute Gasteiger partial charge is 0.479 e. The number of nitrogens with one attached hydrogen (secondary N) is 2. The maximum absolute atomic E-state index is 11.3. The third-order valence-electron chi connectivity index (χ3n) is 1.77. The van der Waals surface area contributed by atoms with Crippen molar-refractivity contribution in [3.05, 3.63) is 0 Å². The summed E-state index contributed by atoms with van der Waals surface area (Å²) < 4.78 is 4.60. The lowest BCUT2D eigenvalue weighted by Gasteiger charge is -2.15. The second-order valence-corrected chi connectivity index (χ2v) is 3.04. The number of nitrogens with two attached hydrogens (primary N) is 1. The number of ether oxygens (including phenoxy) is 1. The van der Waals surface area contributed by atoms with E-state index in [2.05, 4.69) is 15.4 Å². The van der Waals surface area contributed by atoms with Gasteiger partial charge in [0, 0.05) is 7.11 Å². The molecule has 0 saturated carbocycles. The molecule has 0 aliphatic heterocycles. The highest BCUT2D eigenvalue weighted by Gasteiger charge is 2.19. The number of aliphatic carboxylic acids is 1. The van der Waals surface area contributed by atoms with E-state index in [1.54, 1.807) is 0 Å². The Morgan fingerprint density at radius 2 is 2.00 bits per heavy atom. The number of carboxylic acid groups (broad SMARTS) is 1. The normalized spacial score (nSPS) is 13.6. The summed E-state index contributed by atoms with van der Waals surface area (Å²) >= 11 is 0. The second-order valence-electron chi connectivity index (χ2n) is 3.04. The van der Waals surface area contributed by atoms with Crippen LogP contribution in [-0.4, -0.2) is 48.8 Å². The molecule has 5 N–H and O–H groups in total. The first-order valence-corrected chi connectivity index (χ1v) is 4.47. The van der Waals surface area contributed by atoms with Gasteiger partial charge >= 0.3 is 12.0 Å². The summed E-state index contributed by atoms with van der Waals surface area (Å²) in [7, 11) is 1.22. The molecular weight excluding hydrogens is 218 g/mol. The van der Waals surface area contributed by atoms with Crippen molar-refractivity contribution >= 4 is 17.9 Å². The third-order valence-corrected chi connectivity index (χ3v) is 1.77. The average Bonchev–Trinajstić information content (AvgIpc) is 2.16. The standard InChI is InChI=1S/C8H15N3O5/c1-4(11-8(9)15)6(12)10-3-5(16-2)7(13)14/h4-5H,3H2,1-2H3,(H,10,12)(H,13,14)(H3,9,11,15). The second kappa shape index (κ2) is 6.62. The van der Waals surface area contributed by atoms with E-state index in [-0.39, 0.29) is 6.54 Å². The van der Waals surface area contributed by atoms with E-state index in [0.717, 1.165) is 0 Å². The van der Waals surface area contributed by atoms with Gasteiger partial charge in [0.25, 0.3) is 0 Å². The number of methoxy groups -OCH3 is 1. The fourth-order valence-corrected chi connectivity index (χ4v) is 0.897. The van der Waals surface area contributed by atoms with Gasteiger partial charge < -0.3 is 26.2 Å². The molecule has 0 aromatic rings. The number of primary amides is 1. The van der Waals surface area contributed by atoms with E-state index >= 15 is 0 Å². The number of carbonyl (C=O) groups is 3. The van der Waals surface area contributed by atoms with E-state index < -0.39 is 30.1 Å². The van der Waals surface area contributed by atoms with Crippen molar-refractivity contribution in [2.75, 3.05) is 13.7 Å². The predicted octanol–water partition coefficient (Wildman–Crippen LogP) is -1.74. The van der Waals surface area contributed by atoms with Crippen molar-refractivity contribution in [2.24, 2.45) is 5.73 Å². The number of carboxylic acids is 1. The molecule has 8 nitrogen and oxygen atoms in total. The Hall–Kier alpha value is -1.83. The summed E-state index contributed by atoms with van der Waals surface area (Å²) in [4.78, 5) is 32.2. The summed E-state index contributed by atoms with van der Waals surface area (Å²) in [6.45, 7) is 1.23. The fraction of sp³-hybridized carbons (Fsp3) is 0.625. The smallest absolute Gasteiger partial charge is 0.334 e. The molecule has 0 rings (SSSR count). The minimum absolute atomic E-state index is 0.185. The highest BCUT2D eigenvalue weighted by Crippen LogP contribution is 1.89. The minimum atomic E-state index is -1.18. The molecule has 0 saturated heterocycles. The van der Waals surface area contributed by atoms with Gasteiger partial charge in [0.15, 0.2) is 6.10 Å². The van der Waals surface area contributed by atoms with Crippen LogP contribution in [0.5, 0.6) is 0 Å². The van der Waals surface area contributed by atoms with Gasteiger partial charge in [0.1, 0.15) is 6.04 Å². The number of carbonyl (C=O) groups excluding carboxylic acids is 2. The van der Waals surface area contributed by atoms with E-state index in [0.29, 0.717) is 0 Å². The van der Waals surface area contributed by atoms with E-state index in [1.807, 2.05) is 0 Å². The van der Waals surface area contributed by atoms with E-state index in [4.69, 9.17) is 10.8 Å². The zero-order chi connectivity index (χ0) is 12.7. The van der Waals surface area contributed by atoms with Crippen molar-refractivity contribution in [2.45, 2.75) is 19.1 Å². The molecule has 0 aliphatic carbocycles. The van der Waals surface area contributed by atoms with Gasteiger partial charge in [0.05, 0.1) is 6.54 Å². The monoisotopic (exact) mass is 233 g/mol. The molecule has 16 heavy (non-hydrogen) atoms. The highest BCUT2D eigenvalue weighted by molar-refractivity contribution is 5.86. The molecule has 0 spiro atoms. The van der Waals surface area contributed by atoms with Gasteiger partial charge in [-0.25, -0.2) is 9.59 Å². The van der Waals surface area contributed by atoms with Gasteiger partial charge in [-0.1, -0.05) is 0 Å². The quantitative estimate of drug-likeness (QED) is 0.432. The molecule has 92 valence electrons. The summed E-state index contributed by atoms with van der Waals surface area (Å²) in [5, 5.41) is 13.1. The van der Waals surface area contributed by atoms with Gasteiger partial charge in [-0.2, -0.15) is 0 Å². The van der Waals surface area contributed by atoms with Crippen LogP contribution >= 0.6 is 0 Å². The summed E-state index contributed by atoms with van der Waals surface area (Å²) in [5.74, 6) is -1.72. The number of urea groups is 1. The summed E-state index contributed by atoms with van der Waals surface area (Å²) in [6.07, 6.45) is -1.12. The Morgan fingerprint density at radius 3 is 2.38 bits per heavy atom. The first-order valence-electron chi connectivity index (χ1n) is 4.47. The van der Waals surface area contributed by atoms with Crippen LogP contribution in [0, 0.1) is 0 Å². The predicted molar refractivity (Wildman–Crippen MR) is 53.6 cm³/mol. The molecule has 0 bridgehead atoms. The summed E-state index contributed by atoms with van der Waals surface area (Å²) in [5.41, 5.74) is 4.81. The zero-order valence-electron chi connectivity index (χ0n) is 9.02. The van der Waals surface area contributed by atoms with Crippen molar-refractivity contribution in [3.8, 4) is 0 Å². The SMILES string of the molecule is COC(CNC(=O)C(C)NC(N)=O)C(=O)O. The number of rotatable bonds is 6. The fourth-order valence-electron chi connectivity index (χ4n) is 0.897. The lowest BCUT2D eigenvalue weighted by molar-refractivity contribution is -0.148. The Labute approximate surface area is 92.1 Å². The van der Waals surface area contributed by atoms with Gasteiger partial charge in [-0.15, -0.1) is 0 Å². The van der Waals surface area contributed by atoms with Gasteiger partial charge in [-0.05, 0) is 6.92 Å². The lowest BCUT2D eigenvalue weighted by atomic mass is 10.3. The molecule has 0 aliphatic rings. The number of hydrogen-bond donors (Lipinski definition) is 4. The topological polar surface area (TPSA) is 131 Å². The molecule has 0 aromatic carbocycles. The first-order chi connectivity index (χ1) is 7.38. The van der Waals surface area contributed by atoms with Crippen LogP contribution in [0.4, 0.5) is 4.79 Å². The van der Waals surface area contributed by atoms with Crippen LogP contribution in [0.2, 0.25) is 0 Å². The van der Waals surface area contributed by atoms with Crippen LogP contribution in [0.3, 0.4) is 0 Å². The van der Waals surface area contributed by atoms with E-state index in [9.17, 15) is 14.4 Å². The zero-order valence-corrected chi connectivity index (χ0v) is 9.02. The Balaban J connectivity index is 4.05. The van der Waals surface area contributed by atoms with Crippen LogP contribution in [0.25, 0.3) is 0 Å². The molecule has 0 fully saturated rings. The van der Waals surface area contributed by atoms with E-state index in [1.165, 1.54) is 14.0 Å². The van der Waals surface area contributed by atoms with Gasteiger partial charge in [0.2, 0.25) is 5.91 Å². The molecule has 0 heterocycles. The molecule has 0 radical (unpaired) electrons. The summed E-state index contributed by atoms with van der Waals surface area (Å²) in [6, 6.07) is -1.66. The minimum Gasteiger partial charge on any atom is -0.479 e. The Bertz CT molecular complexity index is 281. The lowest BCUT2D eigenvalue weighted by Crippen LogP contribution is -2.49. The maximum atomic E-state index is 11.3. The van der Waals surface area contributed by atoms with Crippen molar-refractivity contribution in [1.82, 2.24) is 10.6 Å². The molecule has 2 unspecified atom stereocenters. The van der Waals surface area contributed by atoms with Crippen molar-refractivity contribution in [3.63, 3.8) is 0 Å². The van der Waals surface area contributed by atoms with Crippen LogP contribution in [-0.2, 0) is 14.3 Å². The maximum Gasteiger partial charge on any atom is 0.334 e. The van der Waals surface area contributed by atoms with Crippen molar-refractivity contribution < 1.29 is 24.2 Å². The molecule has 2 atom stereocenters. The third kappa shape index (κ3) is 5.15. The van der Waals surface area contributed by atoms with Gasteiger partial charge in [-0.3, -0.25) is 4.79 Å². The first kappa shape index (κ1) is 14.2. The molecular formula is C8H15N3O5.